The molecule has 3 aliphatic heterocycles. The van der Waals surface area contributed by atoms with Crippen molar-refractivity contribution < 1.29 is 24.3 Å². The van der Waals surface area contributed by atoms with E-state index in [0.717, 1.165) is 25.7 Å². The smallest absolute Gasteiger partial charge is 0.410 e. The molecule has 1 aromatic carbocycles. The van der Waals surface area contributed by atoms with Gasteiger partial charge in [0.15, 0.2) is 0 Å². The van der Waals surface area contributed by atoms with Gasteiger partial charge in [-0.2, -0.15) is 0 Å². The van der Waals surface area contributed by atoms with Crippen LogP contribution in [0, 0.1) is 5.92 Å². The fourth-order valence-electron chi connectivity index (χ4n) is 5.47. The third-order valence-corrected chi connectivity index (χ3v) is 7.27. The summed E-state index contributed by atoms with van der Waals surface area (Å²) in [6, 6.07) is 9.63. The van der Waals surface area contributed by atoms with E-state index in [4.69, 9.17) is 4.74 Å². The Balaban J connectivity index is 1.40. The Morgan fingerprint density at radius 3 is 2.30 bits per heavy atom. The molecule has 9 heteroatoms. The quantitative estimate of drug-likeness (QED) is 0.527. The minimum Gasteiger partial charge on any atom is -0.445 e. The maximum absolute atomic E-state index is 13.5. The van der Waals surface area contributed by atoms with Crippen LogP contribution < -0.4 is 5.48 Å². The molecular formula is C24H34N4O5. The fourth-order valence-corrected chi connectivity index (χ4v) is 5.47. The third-order valence-electron chi connectivity index (χ3n) is 7.27. The van der Waals surface area contributed by atoms with Gasteiger partial charge in [-0.25, -0.2) is 10.3 Å². The van der Waals surface area contributed by atoms with Crippen LogP contribution in [0.4, 0.5) is 4.79 Å². The first kappa shape index (κ1) is 23.5. The summed E-state index contributed by atoms with van der Waals surface area (Å²) in [5.41, 5.74) is 3.00. The summed E-state index contributed by atoms with van der Waals surface area (Å²) in [5.74, 6) is -1.11. The zero-order valence-electron chi connectivity index (χ0n) is 19.2. The lowest BCUT2D eigenvalue weighted by molar-refractivity contribution is -0.152. The minimum absolute atomic E-state index is 0.109. The van der Waals surface area contributed by atoms with Crippen molar-refractivity contribution in [3.8, 4) is 0 Å². The van der Waals surface area contributed by atoms with Gasteiger partial charge in [0, 0.05) is 32.7 Å². The summed E-state index contributed by atoms with van der Waals surface area (Å²) in [6.07, 6.45) is 2.99. The van der Waals surface area contributed by atoms with Crippen LogP contribution in [0.1, 0.15) is 43.6 Å². The van der Waals surface area contributed by atoms with Crippen LogP contribution in [0.15, 0.2) is 30.3 Å². The van der Waals surface area contributed by atoms with Gasteiger partial charge in [0.05, 0.1) is 5.92 Å². The Hall–Kier alpha value is -2.65. The van der Waals surface area contributed by atoms with Gasteiger partial charge in [0.1, 0.15) is 12.1 Å². The molecule has 3 atom stereocenters. The third kappa shape index (κ3) is 5.30. The van der Waals surface area contributed by atoms with Crippen LogP contribution in [-0.4, -0.2) is 89.7 Å². The molecular weight excluding hydrogens is 424 g/mol. The number of likely N-dealkylation sites (tertiary alicyclic amines) is 3. The molecule has 0 unspecified atom stereocenters. The number of carbonyl (C=O) groups excluding carboxylic acids is 3. The van der Waals surface area contributed by atoms with E-state index in [2.05, 4.69) is 12.1 Å². The van der Waals surface area contributed by atoms with Crippen LogP contribution in [0.3, 0.4) is 0 Å². The Morgan fingerprint density at radius 1 is 1.00 bits per heavy atom. The average Bonchev–Trinajstić information content (AvgIpc) is 3.39. The lowest BCUT2D eigenvalue weighted by Crippen LogP contribution is -2.61. The summed E-state index contributed by atoms with van der Waals surface area (Å²) >= 11 is 0. The number of nitrogens with zero attached hydrogens (tertiary/aromatic N) is 3. The normalized spacial score (nSPS) is 26.8. The number of hydrogen-bond acceptors (Lipinski definition) is 6. The number of rotatable bonds is 4. The number of amides is 3. The number of hydrogen-bond donors (Lipinski definition) is 2. The molecule has 3 heterocycles. The lowest BCUT2D eigenvalue weighted by atomic mass is 9.85. The van der Waals surface area contributed by atoms with E-state index in [1.807, 2.05) is 23.1 Å². The maximum atomic E-state index is 13.5. The number of hydroxylamine groups is 1. The van der Waals surface area contributed by atoms with Crippen molar-refractivity contribution in [3.05, 3.63) is 35.9 Å². The van der Waals surface area contributed by atoms with Crippen LogP contribution in [-0.2, 0) is 14.3 Å². The van der Waals surface area contributed by atoms with Gasteiger partial charge in [-0.3, -0.25) is 19.7 Å². The first-order chi connectivity index (χ1) is 16.0. The number of ether oxygens (including phenoxy) is 1. The number of benzene rings is 1. The van der Waals surface area contributed by atoms with Crippen LogP contribution in [0.5, 0.6) is 0 Å². The van der Waals surface area contributed by atoms with E-state index in [1.54, 1.807) is 22.3 Å². The Morgan fingerprint density at radius 2 is 1.67 bits per heavy atom. The molecule has 180 valence electrons. The maximum Gasteiger partial charge on any atom is 0.410 e. The predicted octanol–water partition coefficient (Wildman–Crippen LogP) is 1.82. The van der Waals surface area contributed by atoms with Crippen LogP contribution in [0.25, 0.3) is 0 Å². The SMILES string of the molecule is CN1C[C@@H](OC(=O)N2CCCC2)C[C@H](C(=O)NO)[C@H]1C(=O)N1CCC(c2ccccc2)CC1. The molecule has 9 nitrogen and oxygen atoms in total. The average molecular weight is 459 g/mol. The van der Waals surface area contributed by atoms with Crippen molar-refractivity contribution in [1.29, 1.82) is 0 Å². The molecule has 2 N–H and O–H groups in total. The molecule has 0 spiro atoms. The molecule has 3 aliphatic rings. The molecule has 0 radical (unpaired) electrons. The summed E-state index contributed by atoms with van der Waals surface area (Å²) in [6.45, 7) is 2.99. The largest absolute Gasteiger partial charge is 0.445 e. The topological polar surface area (TPSA) is 102 Å². The number of piperidine rings is 2. The summed E-state index contributed by atoms with van der Waals surface area (Å²) in [4.78, 5) is 43.7. The second kappa shape index (κ2) is 10.5. The van der Waals surface area contributed by atoms with Crippen molar-refractivity contribution in [1.82, 2.24) is 20.2 Å². The monoisotopic (exact) mass is 458 g/mol. The summed E-state index contributed by atoms with van der Waals surface area (Å²) in [7, 11) is 1.77. The second-order valence-electron chi connectivity index (χ2n) is 9.41. The highest BCUT2D eigenvalue weighted by atomic mass is 16.6. The van der Waals surface area contributed by atoms with Gasteiger partial charge < -0.3 is 14.5 Å². The van der Waals surface area contributed by atoms with Crippen molar-refractivity contribution in [2.75, 3.05) is 39.8 Å². The number of nitrogens with one attached hydrogen (secondary N) is 1. The number of carbonyl (C=O) groups is 3. The van der Waals surface area contributed by atoms with Gasteiger partial charge >= 0.3 is 6.09 Å². The minimum atomic E-state index is -0.801. The molecule has 0 bridgehead atoms. The Labute approximate surface area is 194 Å². The highest BCUT2D eigenvalue weighted by Crippen LogP contribution is 2.31. The number of likely N-dealkylation sites (N-methyl/N-ethyl adjacent to an activating group) is 1. The molecule has 3 saturated heterocycles. The zero-order chi connectivity index (χ0) is 23.4. The van der Waals surface area contributed by atoms with Crippen LogP contribution >= 0.6 is 0 Å². The van der Waals surface area contributed by atoms with Gasteiger partial charge in [-0.05, 0) is 50.6 Å². The Kier molecular flexibility index (Phi) is 7.49. The van der Waals surface area contributed by atoms with E-state index in [0.29, 0.717) is 38.6 Å². The van der Waals surface area contributed by atoms with E-state index in [-0.39, 0.29) is 18.4 Å². The Bertz CT molecular complexity index is 837. The van der Waals surface area contributed by atoms with Crippen LogP contribution in [0.2, 0.25) is 0 Å². The molecule has 0 aromatic heterocycles. The molecule has 3 fully saturated rings. The van der Waals surface area contributed by atoms with Gasteiger partial charge in [0.25, 0.3) is 0 Å². The first-order valence-corrected chi connectivity index (χ1v) is 11.9. The van der Waals surface area contributed by atoms with E-state index in [1.165, 1.54) is 5.56 Å². The van der Waals surface area contributed by atoms with Crippen molar-refractivity contribution >= 4 is 17.9 Å². The van der Waals surface area contributed by atoms with Gasteiger partial charge in [-0.1, -0.05) is 30.3 Å². The van der Waals surface area contributed by atoms with Crippen molar-refractivity contribution in [2.24, 2.45) is 5.92 Å². The molecule has 1 aromatic rings. The summed E-state index contributed by atoms with van der Waals surface area (Å²) in [5, 5.41) is 9.33. The van der Waals surface area contributed by atoms with E-state index >= 15 is 0 Å². The van der Waals surface area contributed by atoms with E-state index < -0.39 is 24.0 Å². The van der Waals surface area contributed by atoms with Crippen molar-refractivity contribution in [2.45, 2.75) is 50.2 Å². The molecule has 3 amide bonds. The highest BCUT2D eigenvalue weighted by Gasteiger charge is 2.46. The molecule has 0 saturated carbocycles. The predicted molar refractivity (Wildman–Crippen MR) is 121 cm³/mol. The van der Waals surface area contributed by atoms with Gasteiger partial charge in [-0.15, -0.1) is 0 Å². The van der Waals surface area contributed by atoms with Crippen molar-refractivity contribution in [3.63, 3.8) is 0 Å². The lowest BCUT2D eigenvalue weighted by Gasteiger charge is -2.43. The fraction of sp³-hybridized carbons (Fsp3) is 0.625. The zero-order valence-corrected chi connectivity index (χ0v) is 19.2. The first-order valence-electron chi connectivity index (χ1n) is 11.9. The molecule has 4 rings (SSSR count). The molecule has 33 heavy (non-hydrogen) atoms. The molecule has 0 aliphatic carbocycles. The second-order valence-corrected chi connectivity index (χ2v) is 9.41. The summed E-state index contributed by atoms with van der Waals surface area (Å²) < 4.78 is 5.67. The van der Waals surface area contributed by atoms with Gasteiger partial charge in [0.2, 0.25) is 11.8 Å². The standard InChI is InChI=1S/C24H34N4O5/c1-26-16-19(33-24(31)28-11-5-6-12-28)15-20(22(29)25-32)21(26)23(30)27-13-9-18(10-14-27)17-7-3-2-4-8-17/h2-4,7-8,18-21,32H,5-6,9-16H2,1H3,(H,25,29)/t19-,20-,21-/m0/s1. The van der Waals surface area contributed by atoms with E-state index in [9.17, 15) is 19.6 Å². The highest BCUT2D eigenvalue weighted by molar-refractivity contribution is 5.90.